The molecule has 1 fully saturated rings. The van der Waals surface area contributed by atoms with Gasteiger partial charge in [-0.3, -0.25) is 4.79 Å². The van der Waals surface area contributed by atoms with Gasteiger partial charge in [0, 0.05) is 11.0 Å². The van der Waals surface area contributed by atoms with Crippen LogP contribution in [-0.2, 0) is 4.79 Å². The molecule has 2 rings (SSSR count). The van der Waals surface area contributed by atoms with Gasteiger partial charge in [-0.1, -0.05) is 22.9 Å². The van der Waals surface area contributed by atoms with E-state index in [1.807, 2.05) is 6.92 Å². The monoisotopic (exact) mass is 341 g/mol. The van der Waals surface area contributed by atoms with E-state index in [0.29, 0.717) is 24.3 Å². The van der Waals surface area contributed by atoms with Crippen molar-refractivity contribution in [3.8, 4) is 5.75 Å². The third kappa shape index (κ3) is 2.65. The number of ether oxygens (including phenoxy) is 1. The highest BCUT2D eigenvalue weighted by molar-refractivity contribution is 9.10. The summed E-state index contributed by atoms with van der Waals surface area (Å²) in [5, 5.41) is 9.29. The fourth-order valence-electron chi connectivity index (χ4n) is 2.55. The topological polar surface area (TPSA) is 66.8 Å². The van der Waals surface area contributed by atoms with Crippen LogP contribution in [-0.4, -0.2) is 41.6 Å². The minimum absolute atomic E-state index is 0.0436. The van der Waals surface area contributed by atoms with Gasteiger partial charge in [-0.2, -0.15) is 0 Å². The lowest BCUT2D eigenvalue weighted by Crippen LogP contribution is -2.42. The predicted octanol–water partition coefficient (Wildman–Crippen LogP) is 2.39. The van der Waals surface area contributed by atoms with E-state index in [2.05, 4.69) is 15.9 Å². The van der Waals surface area contributed by atoms with Gasteiger partial charge in [0.15, 0.2) is 0 Å². The average Bonchev–Trinajstić information content (AvgIpc) is 2.79. The standard InChI is InChI=1S/C14H16BrNO4/c1-8-5-6-16(12(8)14(18)19)13(17)10-4-3-9(15)7-11(10)20-2/h3-4,7-8,12H,5-6H2,1-2H3,(H,18,19). The molecular weight excluding hydrogens is 326 g/mol. The molecule has 0 saturated carbocycles. The molecule has 2 unspecified atom stereocenters. The van der Waals surface area contributed by atoms with Crippen molar-refractivity contribution in [2.45, 2.75) is 19.4 Å². The highest BCUT2D eigenvalue weighted by Crippen LogP contribution is 2.30. The first-order chi connectivity index (χ1) is 9.45. The fourth-order valence-corrected chi connectivity index (χ4v) is 2.89. The number of carboxylic acid groups (broad SMARTS) is 1. The largest absolute Gasteiger partial charge is 0.496 e. The maximum Gasteiger partial charge on any atom is 0.326 e. The zero-order valence-electron chi connectivity index (χ0n) is 11.3. The first-order valence-electron chi connectivity index (χ1n) is 6.33. The minimum atomic E-state index is -0.959. The molecule has 1 saturated heterocycles. The Kier molecular flexibility index (Phi) is 4.32. The normalized spacial score (nSPS) is 21.9. The molecule has 1 amide bonds. The molecule has 1 aliphatic heterocycles. The maximum absolute atomic E-state index is 12.6. The van der Waals surface area contributed by atoms with Crippen molar-refractivity contribution >= 4 is 27.8 Å². The molecule has 108 valence electrons. The summed E-state index contributed by atoms with van der Waals surface area (Å²) in [4.78, 5) is 25.3. The van der Waals surface area contributed by atoms with E-state index in [1.165, 1.54) is 12.0 Å². The van der Waals surface area contributed by atoms with Gasteiger partial charge in [0.2, 0.25) is 0 Å². The van der Waals surface area contributed by atoms with E-state index in [4.69, 9.17) is 4.74 Å². The summed E-state index contributed by atoms with van der Waals surface area (Å²) in [5.74, 6) is -0.864. The second-order valence-corrected chi connectivity index (χ2v) is 5.81. The molecule has 1 N–H and O–H groups in total. The summed E-state index contributed by atoms with van der Waals surface area (Å²) < 4.78 is 6.01. The Hall–Kier alpha value is -1.56. The van der Waals surface area contributed by atoms with Crippen LogP contribution in [0.1, 0.15) is 23.7 Å². The quantitative estimate of drug-likeness (QED) is 0.916. The number of amides is 1. The summed E-state index contributed by atoms with van der Waals surface area (Å²) >= 11 is 3.32. The second-order valence-electron chi connectivity index (χ2n) is 4.89. The number of hydrogen-bond acceptors (Lipinski definition) is 3. The lowest BCUT2D eigenvalue weighted by atomic mass is 10.0. The molecular formula is C14H16BrNO4. The van der Waals surface area contributed by atoms with E-state index in [0.717, 1.165) is 4.47 Å². The van der Waals surface area contributed by atoms with Gasteiger partial charge in [-0.05, 0) is 30.5 Å². The van der Waals surface area contributed by atoms with Crippen LogP contribution in [0.25, 0.3) is 0 Å². The average molecular weight is 342 g/mol. The number of halogens is 1. The number of hydrogen-bond donors (Lipinski definition) is 1. The van der Waals surface area contributed by atoms with Gasteiger partial charge in [0.05, 0.1) is 12.7 Å². The zero-order chi connectivity index (χ0) is 14.9. The van der Waals surface area contributed by atoms with Crippen molar-refractivity contribution in [1.82, 2.24) is 4.90 Å². The Bertz CT molecular complexity index is 546. The smallest absolute Gasteiger partial charge is 0.326 e. The van der Waals surface area contributed by atoms with Crippen molar-refractivity contribution in [3.05, 3.63) is 28.2 Å². The van der Waals surface area contributed by atoms with E-state index >= 15 is 0 Å². The molecule has 2 atom stereocenters. The molecule has 6 heteroatoms. The Morgan fingerprint density at radius 3 is 2.75 bits per heavy atom. The minimum Gasteiger partial charge on any atom is -0.496 e. The SMILES string of the molecule is COc1cc(Br)ccc1C(=O)N1CCC(C)C1C(=O)O. The van der Waals surface area contributed by atoms with Crippen molar-refractivity contribution in [1.29, 1.82) is 0 Å². The van der Waals surface area contributed by atoms with Gasteiger partial charge in [-0.25, -0.2) is 4.79 Å². The number of carboxylic acids is 1. The number of carbonyl (C=O) groups is 2. The molecule has 1 aromatic carbocycles. The molecule has 1 aliphatic rings. The van der Waals surface area contributed by atoms with Gasteiger partial charge in [0.1, 0.15) is 11.8 Å². The van der Waals surface area contributed by atoms with Crippen LogP contribution in [0.15, 0.2) is 22.7 Å². The molecule has 0 spiro atoms. The third-order valence-corrected chi connectivity index (χ3v) is 4.10. The highest BCUT2D eigenvalue weighted by atomic mass is 79.9. The summed E-state index contributed by atoms with van der Waals surface area (Å²) in [6.45, 7) is 2.31. The first kappa shape index (κ1) is 14.8. The number of methoxy groups -OCH3 is 1. The van der Waals surface area contributed by atoms with Crippen LogP contribution in [0, 0.1) is 5.92 Å². The van der Waals surface area contributed by atoms with Crippen LogP contribution in [0.5, 0.6) is 5.75 Å². The number of rotatable bonds is 3. The van der Waals surface area contributed by atoms with Crippen LogP contribution >= 0.6 is 15.9 Å². The van der Waals surface area contributed by atoms with Crippen molar-refractivity contribution in [2.75, 3.05) is 13.7 Å². The summed E-state index contributed by atoms with van der Waals surface area (Å²) in [7, 11) is 1.49. The van der Waals surface area contributed by atoms with Gasteiger partial charge in [-0.15, -0.1) is 0 Å². The first-order valence-corrected chi connectivity index (χ1v) is 7.12. The molecule has 1 heterocycles. The number of likely N-dealkylation sites (tertiary alicyclic amines) is 1. The van der Waals surface area contributed by atoms with Crippen molar-refractivity contribution < 1.29 is 19.4 Å². The molecule has 5 nitrogen and oxygen atoms in total. The molecule has 0 bridgehead atoms. The number of benzene rings is 1. The molecule has 0 aromatic heterocycles. The lowest BCUT2D eigenvalue weighted by molar-refractivity contribution is -0.142. The Labute approximate surface area is 125 Å². The molecule has 20 heavy (non-hydrogen) atoms. The van der Waals surface area contributed by atoms with E-state index < -0.39 is 12.0 Å². The number of aliphatic carboxylic acids is 1. The van der Waals surface area contributed by atoms with Crippen LogP contribution < -0.4 is 4.74 Å². The van der Waals surface area contributed by atoms with E-state index in [-0.39, 0.29) is 11.8 Å². The molecule has 0 radical (unpaired) electrons. The molecule has 1 aromatic rings. The lowest BCUT2D eigenvalue weighted by Gasteiger charge is -2.24. The third-order valence-electron chi connectivity index (χ3n) is 3.61. The summed E-state index contributed by atoms with van der Waals surface area (Å²) in [6, 6.07) is 4.32. The molecule has 0 aliphatic carbocycles. The Balaban J connectivity index is 2.34. The predicted molar refractivity (Wildman–Crippen MR) is 76.9 cm³/mol. The van der Waals surface area contributed by atoms with E-state index in [9.17, 15) is 14.7 Å². The zero-order valence-corrected chi connectivity index (χ0v) is 12.9. The summed E-state index contributed by atoms with van der Waals surface area (Å²) in [5.41, 5.74) is 0.385. The second kappa shape index (κ2) is 5.83. The van der Waals surface area contributed by atoms with Gasteiger partial charge >= 0.3 is 5.97 Å². The van der Waals surface area contributed by atoms with Crippen LogP contribution in [0.4, 0.5) is 0 Å². The van der Waals surface area contributed by atoms with Crippen molar-refractivity contribution in [2.24, 2.45) is 5.92 Å². The Morgan fingerprint density at radius 1 is 1.45 bits per heavy atom. The van der Waals surface area contributed by atoms with Crippen molar-refractivity contribution in [3.63, 3.8) is 0 Å². The fraction of sp³-hybridized carbons (Fsp3) is 0.429. The van der Waals surface area contributed by atoms with E-state index in [1.54, 1.807) is 18.2 Å². The highest BCUT2D eigenvalue weighted by Gasteiger charge is 2.40. The number of nitrogens with zero attached hydrogens (tertiary/aromatic N) is 1. The number of carbonyl (C=O) groups excluding carboxylic acids is 1. The van der Waals surface area contributed by atoms with Crippen LogP contribution in [0.2, 0.25) is 0 Å². The van der Waals surface area contributed by atoms with Gasteiger partial charge in [0.25, 0.3) is 5.91 Å². The maximum atomic E-state index is 12.6. The Morgan fingerprint density at radius 2 is 2.15 bits per heavy atom. The summed E-state index contributed by atoms with van der Waals surface area (Å²) in [6.07, 6.45) is 0.696. The van der Waals surface area contributed by atoms with Crippen LogP contribution in [0.3, 0.4) is 0 Å². The van der Waals surface area contributed by atoms with Gasteiger partial charge < -0.3 is 14.7 Å².